The van der Waals surface area contributed by atoms with Crippen LogP contribution in [-0.4, -0.2) is 71.1 Å². The first-order valence-electron chi connectivity index (χ1n) is 12.4. The lowest BCUT2D eigenvalue weighted by Gasteiger charge is -2.38. The van der Waals surface area contributed by atoms with E-state index < -0.39 is 17.4 Å². The third kappa shape index (κ3) is 6.36. The monoisotopic (exact) mass is 511 g/mol. The Labute approximate surface area is 216 Å². The average molecular weight is 512 g/mol. The number of nitrogens with one attached hydrogen (secondary N) is 1. The number of methoxy groups -OCH3 is 2. The van der Waals surface area contributed by atoms with Gasteiger partial charge in [0, 0.05) is 37.5 Å². The van der Waals surface area contributed by atoms with Gasteiger partial charge in [-0.25, -0.2) is 19.2 Å². The first-order chi connectivity index (χ1) is 17.6. The normalized spacial score (nSPS) is 17.9. The van der Waals surface area contributed by atoms with Crippen molar-refractivity contribution in [2.75, 3.05) is 39.2 Å². The number of amides is 1. The molecule has 4 rings (SSSR count). The molecule has 1 aliphatic rings. The Kier molecular flexibility index (Phi) is 7.65. The quantitative estimate of drug-likeness (QED) is 0.459. The summed E-state index contributed by atoms with van der Waals surface area (Å²) in [5, 5.41) is 3.26. The van der Waals surface area contributed by atoms with Crippen molar-refractivity contribution in [3.05, 3.63) is 36.7 Å². The molecular weight excluding hydrogens is 477 g/mol. The van der Waals surface area contributed by atoms with Crippen LogP contribution in [0.2, 0.25) is 0 Å². The van der Waals surface area contributed by atoms with Gasteiger partial charge in [-0.15, -0.1) is 0 Å². The van der Waals surface area contributed by atoms with Crippen molar-refractivity contribution >= 4 is 22.9 Å². The topological polar surface area (TPSA) is 98.7 Å². The van der Waals surface area contributed by atoms with Crippen molar-refractivity contribution in [3.63, 3.8) is 0 Å². The lowest BCUT2D eigenvalue weighted by atomic mass is 9.91. The van der Waals surface area contributed by atoms with Crippen LogP contribution in [0.5, 0.6) is 11.5 Å². The van der Waals surface area contributed by atoms with Crippen LogP contribution >= 0.6 is 0 Å². The first kappa shape index (κ1) is 26.4. The van der Waals surface area contributed by atoms with E-state index in [9.17, 15) is 4.79 Å². The lowest BCUT2D eigenvalue weighted by Crippen LogP contribution is -2.50. The Balaban J connectivity index is 1.51. The largest absolute Gasteiger partial charge is 0.493 e. The van der Waals surface area contributed by atoms with E-state index in [1.165, 1.54) is 4.90 Å². The number of halogens is 1. The SMILES string of the molecule is COc1ccc(-c2cc3nccnc3c(NCCC3(F)CCCN(C(=O)OC(C)(C)C)C3)n2)cc1OC. The Morgan fingerprint density at radius 1 is 1.14 bits per heavy atom. The van der Waals surface area contributed by atoms with Crippen LogP contribution in [0.1, 0.15) is 40.0 Å². The summed E-state index contributed by atoms with van der Waals surface area (Å²) in [5.41, 5.74) is 0.592. The highest BCUT2D eigenvalue weighted by Gasteiger charge is 2.38. The zero-order valence-electron chi connectivity index (χ0n) is 22.0. The van der Waals surface area contributed by atoms with Crippen molar-refractivity contribution < 1.29 is 23.4 Å². The molecule has 37 heavy (non-hydrogen) atoms. The summed E-state index contributed by atoms with van der Waals surface area (Å²) in [6.45, 7) is 6.21. The summed E-state index contributed by atoms with van der Waals surface area (Å²) in [4.78, 5) is 27.6. The molecule has 1 aromatic carbocycles. The van der Waals surface area contributed by atoms with Gasteiger partial charge in [0.25, 0.3) is 0 Å². The molecule has 0 saturated carbocycles. The van der Waals surface area contributed by atoms with Gasteiger partial charge in [-0.3, -0.25) is 4.98 Å². The number of carbonyl (C=O) groups is 1. The molecule has 198 valence electrons. The minimum Gasteiger partial charge on any atom is -0.493 e. The molecule has 2 aromatic heterocycles. The lowest BCUT2D eigenvalue weighted by molar-refractivity contribution is -0.00663. The molecule has 1 unspecified atom stereocenters. The maximum absolute atomic E-state index is 15.8. The second-order valence-electron chi connectivity index (χ2n) is 10.2. The summed E-state index contributed by atoms with van der Waals surface area (Å²) in [5.74, 6) is 1.71. The minimum absolute atomic E-state index is 0.00323. The van der Waals surface area contributed by atoms with E-state index in [0.29, 0.717) is 60.0 Å². The van der Waals surface area contributed by atoms with Gasteiger partial charge in [-0.1, -0.05) is 0 Å². The number of ether oxygens (including phenoxy) is 3. The third-order valence-electron chi connectivity index (χ3n) is 6.18. The van der Waals surface area contributed by atoms with Crippen molar-refractivity contribution in [1.82, 2.24) is 19.9 Å². The number of likely N-dealkylation sites (tertiary alicyclic amines) is 1. The van der Waals surface area contributed by atoms with Gasteiger partial charge in [0.1, 0.15) is 16.8 Å². The molecular formula is C27H34FN5O4. The Morgan fingerprint density at radius 3 is 2.62 bits per heavy atom. The molecule has 0 bridgehead atoms. The number of rotatable bonds is 7. The Bertz CT molecular complexity index is 1270. The number of anilines is 1. The van der Waals surface area contributed by atoms with Gasteiger partial charge in [0.15, 0.2) is 17.3 Å². The summed E-state index contributed by atoms with van der Waals surface area (Å²) in [6.07, 6.45) is 3.91. The van der Waals surface area contributed by atoms with Crippen LogP contribution in [0.4, 0.5) is 15.0 Å². The highest BCUT2D eigenvalue weighted by Crippen LogP contribution is 2.34. The molecule has 1 aliphatic heterocycles. The van der Waals surface area contributed by atoms with Gasteiger partial charge in [-0.05, 0) is 57.9 Å². The summed E-state index contributed by atoms with van der Waals surface area (Å²) in [7, 11) is 3.16. The molecule has 1 fully saturated rings. The maximum Gasteiger partial charge on any atom is 0.410 e. The number of nitrogens with zero attached hydrogens (tertiary/aromatic N) is 4. The van der Waals surface area contributed by atoms with Gasteiger partial charge >= 0.3 is 6.09 Å². The summed E-state index contributed by atoms with van der Waals surface area (Å²) in [6, 6.07) is 7.40. The van der Waals surface area contributed by atoms with E-state index >= 15 is 4.39 Å². The zero-order valence-corrected chi connectivity index (χ0v) is 22.0. The zero-order chi connectivity index (χ0) is 26.6. The van der Waals surface area contributed by atoms with Crippen LogP contribution in [-0.2, 0) is 4.74 Å². The molecule has 0 aliphatic carbocycles. The maximum atomic E-state index is 15.8. The smallest absolute Gasteiger partial charge is 0.410 e. The van der Waals surface area contributed by atoms with Gasteiger partial charge in [0.2, 0.25) is 0 Å². The number of fused-ring (bicyclic) bond motifs is 1. The van der Waals surface area contributed by atoms with E-state index in [2.05, 4.69) is 15.3 Å². The van der Waals surface area contributed by atoms with Gasteiger partial charge in [-0.2, -0.15) is 0 Å². The standard InChI is InChI=1S/C27H34FN5O4/c1-26(2,3)37-25(34)33-14-6-9-27(28,17-33)10-11-31-24-23-20(29-12-13-30-23)16-19(32-24)18-7-8-21(35-4)22(15-18)36-5/h7-8,12-13,15-16H,6,9-11,14,17H2,1-5H3,(H,31,32). The molecule has 3 heterocycles. The molecule has 1 atom stereocenters. The fourth-order valence-corrected chi connectivity index (χ4v) is 4.42. The van der Waals surface area contributed by atoms with Crippen LogP contribution in [0.3, 0.4) is 0 Å². The number of aromatic nitrogens is 3. The second kappa shape index (κ2) is 10.7. The number of alkyl halides is 1. The van der Waals surface area contributed by atoms with Crippen LogP contribution < -0.4 is 14.8 Å². The number of carbonyl (C=O) groups excluding carboxylic acids is 1. The third-order valence-corrected chi connectivity index (χ3v) is 6.18. The van der Waals surface area contributed by atoms with Crippen molar-refractivity contribution in [1.29, 1.82) is 0 Å². The molecule has 10 heteroatoms. The highest BCUT2D eigenvalue weighted by molar-refractivity contribution is 5.88. The summed E-state index contributed by atoms with van der Waals surface area (Å²) >= 11 is 0. The van der Waals surface area contributed by atoms with E-state index in [0.717, 1.165) is 5.56 Å². The Hall–Kier alpha value is -3.69. The average Bonchev–Trinajstić information content (AvgIpc) is 2.87. The van der Waals surface area contributed by atoms with E-state index in [-0.39, 0.29) is 13.0 Å². The van der Waals surface area contributed by atoms with Crippen LogP contribution in [0.15, 0.2) is 36.7 Å². The number of pyridine rings is 1. The number of piperidine rings is 1. The minimum atomic E-state index is -1.52. The predicted molar refractivity (Wildman–Crippen MR) is 140 cm³/mol. The van der Waals surface area contributed by atoms with Crippen molar-refractivity contribution in [3.8, 4) is 22.8 Å². The molecule has 9 nitrogen and oxygen atoms in total. The molecule has 1 saturated heterocycles. The van der Waals surface area contributed by atoms with E-state index in [1.54, 1.807) is 47.4 Å². The first-order valence-corrected chi connectivity index (χ1v) is 12.4. The molecule has 0 radical (unpaired) electrons. The van der Waals surface area contributed by atoms with Crippen molar-refractivity contribution in [2.45, 2.75) is 51.3 Å². The van der Waals surface area contributed by atoms with E-state index in [4.69, 9.17) is 19.2 Å². The van der Waals surface area contributed by atoms with Crippen LogP contribution in [0.25, 0.3) is 22.3 Å². The highest BCUT2D eigenvalue weighted by atomic mass is 19.1. The molecule has 3 aromatic rings. The fourth-order valence-electron chi connectivity index (χ4n) is 4.42. The van der Waals surface area contributed by atoms with Crippen LogP contribution in [0, 0.1) is 0 Å². The number of hydrogen-bond donors (Lipinski definition) is 1. The molecule has 1 N–H and O–H groups in total. The second-order valence-corrected chi connectivity index (χ2v) is 10.2. The van der Waals surface area contributed by atoms with E-state index in [1.807, 2.05) is 24.3 Å². The fraction of sp³-hybridized carbons (Fsp3) is 0.481. The van der Waals surface area contributed by atoms with Gasteiger partial charge in [0.05, 0.1) is 32.0 Å². The number of hydrogen-bond acceptors (Lipinski definition) is 8. The predicted octanol–water partition coefficient (Wildman–Crippen LogP) is 5.25. The molecule has 0 spiro atoms. The number of benzene rings is 1. The van der Waals surface area contributed by atoms with Gasteiger partial charge < -0.3 is 24.4 Å². The Morgan fingerprint density at radius 2 is 1.89 bits per heavy atom. The molecule has 1 amide bonds. The summed E-state index contributed by atoms with van der Waals surface area (Å²) < 4.78 is 32.0. The van der Waals surface area contributed by atoms with Crippen molar-refractivity contribution in [2.24, 2.45) is 0 Å².